The van der Waals surface area contributed by atoms with Gasteiger partial charge in [0.05, 0.1) is 33.9 Å². The molecule has 11 heteroatoms. The average molecular weight is 553 g/mol. The number of benzene rings is 2. The lowest BCUT2D eigenvalue weighted by atomic mass is 10.1. The molecule has 1 saturated heterocycles. The maximum atomic E-state index is 14.6. The molecule has 1 heterocycles. The minimum atomic E-state index is -0.795. The molecule has 0 radical (unpaired) electrons. The van der Waals surface area contributed by atoms with Gasteiger partial charge in [0.1, 0.15) is 12.3 Å². The van der Waals surface area contributed by atoms with Crippen LogP contribution in [0.3, 0.4) is 0 Å². The standard InChI is InChI=1S/C26H31Cl2FN4O4/c1-6-9-33(15(2)3)22-8-7-16(10-20(22)28)24(34)31-32-25(35)18-11-21(29)23(12-19(18)27)36-13-17-14-37-26(4,5)30-17/h6-8,10-12,15,17,30H,1,9,13-14H2,2-5H3,(H,31,34)(H,32,35). The first-order valence-corrected chi connectivity index (χ1v) is 12.5. The summed E-state index contributed by atoms with van der Waals surface area (Å²) < 4.78 is 25.7. The summed E-state index contributed by atoms with van der Waals surface area (Å²) in [6.45, 7) is 12.7. The Morgan fingerprint density at radius 3 is 2.54 bits per heavy atom. The predicted molar refractivity (Wildman–Crippen MR) is 143 cm³/mol. The molecule has 2 aromatic rings. The first kappa shape index (κ1) is 28.7. The fourth-order valence-corrected chi connectivity index (χ4v) is 4.37. The Morgan fingerprint density at radius 2 is 1.95 bits per heavy atom. The second-order valence-electron chi connectivity index (χ2n) is 9.35. The van der Waals surface area contributed by atoms with Crippen LogP contribution in [-0.4, -0.2) is 49.4 Å². The molecule has 2 amide bonds. The normalized spacial score (nSPS) is 16.4. The van der Waals surface area contributed by atoms with Crippen molar-refractivity contribution in [2.24, 2.45) is 0 Å². The van der Waals surface area contributed by atoms with E-state index in [1.807, 2.05) is 32.6 Å². The van der Waals surface area contributed by atoms with E-state index < -0.39 is 23.4 Å². The third kappa shape index (κ3) is 7.35. The van der Waals surface area contributed by atoms with Crippen LogP contribution in [0.4, 0.5) is 10.1 Å². The number of hydrogen-bond acceptors (Lipinski definition) is 6. The van der Waals surface area contributed by atoms with Crippen molar-refractivity contribution < 1.29 is 23.5 Å². The molecule has 0 aromatic heterocycles. The van der Waals surface area contributed by atoms with Gasteiger partial charge in [0, 0.05) is 24.2 Å². The number of ether oxygens (including phenoxy) is 2. The maximum Gasteiger partial charge on any atom is 0.271 e. The quantitative estimate of drug-likeness (QED) is 0.308. The van der Waals surface area contributed by atoms with E-state index in [4.69, 9.17) is 32.7 Å². The molecule has 0 aliphatic carbocycles. The van der Waals surface area contributed by atoms with Crippen molar-refractivity contribution in [2.45, 2.75) is 45.5 Å². The number of carbonyl (C=O) groups excluding carboxylic acids is 2. The summed E-state index contributed by atoms with van der Waals surface area (Å²) in [5.74, 6) is -2.27. The number of hydrogen-bond donors (Lipinski definition) is 3. The lowest BCUT2D eigenvalue weighted by Crippen LogP contribution is -2.42. The van der Waals surface area contributed by atoms with Crippen LogP contribution in [0.2, 0.25) is 10.0 Å². The van der Waals surface area contributed by atoms with Gasteiger partial charge in [-0.1, -0.05) is 29.3 Å². The molecular formula is C26H31Cl2FN4O4. The van der Waals surface area contributed by atoms with Crippen molar-refractivity contribution in [3.63, 3.8) is 0 Å². The molecule has 0 spiro atoms. The van der Waals surface area contributed by atoms with Gasteiger partial charge in [-0.25, -0.2) is 4.39 Å². The van der Waals surface area contributed by atoms with Crippen LogP contribution in [0.5, 0.6) is 5.75 Å². The number of hydrazine groups is 1. The zero-order valence-electron chi connectivity index (χ0n) is 21.2. The largest absolute Gasteiger partial charge is 0.489 e. The number of halogens is 3. The molecule has 3 rings (SSSR count). The van der Waals surface area contributed by atoms with Crippen LogP contribution in [0.25, 0.3) is 0 Å². The average Bonchev–Trinajstić information content (AvgIpc) is 3.19. The van der Waals surface area contributed by atoms with Gasteiger partial charge in [0.2, 0.25) is 0 Å². The Balaban J connectivity index is 1.61. The molecule has 1 fully saturated rings. The Hall–Kier alpha value is -2.85. The second kappa shape index (κ2) is 12.1. The van der Waals surface area contributed by atoms with E-state index >= 15 is 0 Å². The van der Waals surface area contributed by atoms with Crippen LogP contribution in [0.15, 0.2) is 43.0 Å². The number of rotatable bonds is 9. The molecule has 1 atom stereocenters. The zero-order valence-corrected chi connectivity index (χ0v) is 22.7. The fourth-order valence-electron chi connectivity index (χ4n) is 3.84. The van der Waals surface area contributed by atoms with E-state index in [1.165, 1.54) is 12.1 Å². The molecule has 8 nitrogen and oxygen atoms in total. The van der Waals surface area contributed by atoms with Crippen LogP contribution in [0, 0.1) is 5.82 Å². The van der Waals surface area contributed by atoms with E-state index in [9.17, 15) is 14.0 Å². The van der Waals surface area contributed by atoms with Gasteiger partial charge < -0.3 is 14.4 Å². The highest BCUT2D eigenvalue weighted by molar-refractivity contribution is 6.34. The van der Waals surface area contributed by atoms with Gasteiger partial charge >= 0.3 is 0 Å². The monoisotopic (exact) mass is 552 g/mol. The van der Waals surface area contributed by atoms with E-state index in [-0.39, 0.29) is 40.6 Å². The lowest BCUT2D eigenvalue weighted by molar-refractivity contribution is 0.0230. The van der Waals surface area contributed by atoms with Crippen LogP contribution < -0.4 is 25.8 Å². The fraction of sp³-hybridized carbons (Fsp3) is 0.385. The summed E-state index contributed by atoms with van der Waals surface area (Å²) in [4.78, 5) is 27.2. The molecule has 0 saturated carbocycles. The van der Waals surface area contributed by atoms with Gasteiger partial charge in [0.15, 0.2) is 11.6 Å². The molecule has 2 aromatic carbocycles. The van der Waals surface area contributed by atoms with Gasteiger partial charge in [-0.15, -0.1) is 6.58 Å². The summed E-state index contributed by atoms with van der Waals surface area (Å²) in [7, 11) is 0. The van der Waals surface area contributed by atoms with Gasteiger partial charge in [-0.05, 0) is 52.0 Å². The van der Waals surface area contributed by atoms with Gasteiger partial charge in [-0.3, -0.25) is 25.8 Å². The minimum Gasteiger partial charge on any atom is -0.489 e. The van der Waals surface area contributed by atoms with E-state index in [0.29, 0.717) is 18.2 Å². The summed E-state index contributed by atoms with van der Waals surface area (Å²) in [5.41, 5.74) is 4.86. The Bertz CT molecular complexity index is 1180. The van der Waals surface area contributed by atoms with Crippen molar-refractivity contribution in [3.05, 3.63) is 70.0 Å². The highest BCUT2D eigenvalue weighted by atomic mass is 35.5. The lowest BCUT2D eigenvalue weighted by Gasteiger charge is -2.28. The summed E-state index contributed by atoms with van der Waals surface area (Å²) in [6.07, 6.45) is 1.77. The van der Waals surface area contributed by atoms with E-state index in [2.05, 4.69) is 22.7 Å². The van der Waals surface area contributed by atoms with Gasteiger partial charge in [0.25, 0.3) is 11.8 Å². The van der Waals surface area contributed by atoms with Crippen molar-refractivity contribution in [1.29, 1.82) is 0 Å². The maximum absolute atomic E-state index is 14.6. The topological polar surface area (TPSA) is 91.9 Å². The van der Waals surface area contributed by atoms with E-state index in [0.717, 1.165) is 11.8 Å². The first-order valence-electron chi connectivity index (χ1n) is 11.7. The number of nitrogens with zero attached hydrogens (tertiary/aromatic N) is 1. The van der Waals surface area contributed by atoms with Crippen molar-refractivity contribution in [2.75, 3.05) is 24.7 Å². The third-order valence-electron chi connectivity index (χ3n) is 5.66. The molecule has 3 N–H and O–H groups in total. The molecule has 200 valence electrons. The SMILES string of the molecule is C=CCN(c1ccc(C(=O)NNC(=O)c2cc(F)c(OCC3COC(C)(C)N3)cc2Cl)cc1Cl)C(C)C. The number of amides is 2. The first-order chi connectivity index (χ1) is 17.4. The highest BCUT2D eigenvalue weighted by Gasteiger charge is 2.31. The molecule has 0 bridgehead atoms. The summed E-state index contributed by atoms with van der Waals surface area (Å²) in [5, 5.41) is 3.54. The van der Waals surface area contributed by atoms with E-state index in [1.54, 1.807) is 18.2 Å². The molecule has 1 unspecified atom stereocenters. The Kier molecular flexibility index (Phi) is 9.41. The second-order valence-corrected chi connectivity index (χ2v) is 10.2. The van der Waals surface area contributed by atoms with Crippen molar-refractivity contribution in [1.82, 2.24) is 16.2 Å². The highest BCUT2D eigenvalue weighted by Crippen LogP contribution is 2.29. The van der Waals surface area contributed by atoms with Gasteiger partial charge in [-0.2, -0.15) is 0 Å². The smallest absolute Gasteiger partial charge is 0.271 e. The zero-order chi connectivity index (χ0) is 27.3. The van der Waals surface area contributed by atoms with Crippen molar-refractivity contribution >= 4 is 40.7 Å². The molecule has 1 aliphatic heterocycles. The summed E-state index contributed by atoms with van der Waals surface area (Å²) >= 11 is 12.6. The summed E-state index contributed by atoms with van der Waals surface area (Å²) in [6, 6.07) is 7.03. The minimum absolute atomic E-state index is 0.0393. The van der Waals surface area contributed by atoms with Crippen molar-refractivity contribution in [3.8, 4) is 5.75 Å². The Labute approximate surface area is 226 Å². The number of anilines is 1. The Morgan fingerprint density at radius 1 is 1.24 bits per heavy atom. The number of nitrogens with one attached hydrogen (secondary N) is 3. The predicted octanol–water partition coefficient (Wildman–Crippen LogP) is 4.71. The molecule has 37 heavy (non-hydrogen) atoms. The number of carbonyl (C=O) groups is 2. The van der Waals surface area contributed by atoms with Crippen LogP contribution in [0.1, 0.15) is 48.4 Å². The van der Waals surface area contributed by atoms with Crippen LogP contribution >= 0.6 is 23.2 Å². The third-order valence-corrected chi connectivity index (χ3v) is 6.28. The molecular weight excluding hydrogens is 522 g/mol. The van der Waals surface area contributed by atoms with Crippen LogP contribution in [-0.2, 0) is 4.74 Å². The molecule has 1 aliphatic rings.